The molecular formula is C6H12N2O2S. The first-order chi connectivity index (χ1) is 5.07. The van der Waals surface area contributed by atoms with E-state index in [4.69, 9.17) is 5.73 Å². The molecule has 0 aliphatic carbocycles. The molecule has 4 nitrogen and oxygen atoms in total. The molecule has 0 fully saturated rings. The number of carbonyl (C=O) groups excluding carboxylic acids is 2. The Kier molecular flexibility index (Phi) is 4.89. The summed E-state index contributed by atoms with van der Waals surface area (Å²) in [7, 11) is 1.64. The predicted octanol–water partition coefficient (Wildman–Crippen LogP) is -0.361. The van der Waals surface area contributed by atoms with Gasteiger partial charge in [-0.15, -0.1) is 0 Å². The van der Waals surface area contributed by atoms with Crippen molar-refractivity contribution in [3.8, 4) is 0 Å². The molecule has 1 atom stereocenters. The Hall–Kier alpha value is -0.550. The first kappa shape index (κ1) is 10.4. The summed E-state index contributed by atoms with van der Waals surface area (Å²) in [6.45, 7) is 1.46. The van der Waals surface area contributed by atoms with Gasteiger partial charge in [0.25, 0.3) is 0 Å². The van der Waals surface area contributed by atoms with Crippen molar-refractivity contribution in [2.45, 2.75) is 13.0 Å². The number of hydrogen-bond donors (Lipinski definition) is 1. The molecule has 0 aromatic heterocycles. The summed E-state index contributed by atoms with van der Waals surface area (Å²) in [6, 6.07) is -0.484. The predicted molar refractivity (Wildman–Crippen MR) is 44.9 cm³/mol. The van der Waals surface area contributed by atoms with Crippen molar-refractivity contribution in [2.24, 2.45) is 5.73 Å². The monoisotopic (exact) mass is 176 g/mol. The normalized spacial score (nSPS) is 12.3. The van der Waals surface area contributed by atoms with Gasteiger partial charge in [-0.2, -0.15) is 0 Å². The Morgan fingerprint density at radius 3 is 2.73 bits per heavy atom. The summed E-state index contributed by atoms with van der Waals surface area (Å²) in [4.78, 5) is 20.7. The van der Waals surface area contributed by atoms with E-state index in [1.807, 2.05) is 0 Å². The molecule has 0 aliphatic rings. The highest BCUT2D eigenvalue weighted by Gasteiger charge is 2.05. The van der Waals surface area contributed by atoms with Crippen molar-refractivity contribution in [1.29, 1.82) is 0 Å². The molecule has 0 saturated carbocycles. The van der Waals surface area contributed by atoms with E-state index >= 15 is 0 Å². The fourth-order valence-corrected chi connectivity index (χ4v) is 0.984. The fourth-order valence-electron chi connectivity index (χ4n) is 0.328. The number of nitrogens with zero attached hydrogens (tertiary/aromatic N) is 1. The maximum Gasteiger partial charge on any atom is 0.229 e. The second-order valence-corrected chi connectivity index (χ2v) is 3.25. The van der Waals surface area contributed by atoms with Crippen molar-refractivity contribution in [1.82, 2.24) is 4.31 Å². The summed E-state index contributed by atoms with van der Waals surface area (Å²) in [5.74, 6) is 0.396. The number of nitrogens with two attached hydrogens (primary N) is 1. The molecule has 0 saturated heterocycles. The zero-order valence-electron chi connectivity index (χ0n) is 6.61. The molecular weight excluding hydrogens is 164 g/mol. The molecule has 0 aromatic rings. The Morgan fingerprint density at radius 1 is 1.82 bits per heavy atom. The summed E-state index contributed by atoms with van der Waals surface area (Å²) >= 11 is 1.24. The average Bonchev–Trinajstić information content (AvgIpc) is 1.99. The molecule has 0 bridgehead atoms. The van der Waals surface area contributed by atoms with Crippen LogP contribution in [0.5, 0.6) is 0 Å². The number of hydrogen-bond acceptors (Lipinski definition) is 4. The van der Waals surface area contributed by atoms with Gasteiger partial charge in [-0.1, -0.05) is 0 Å². The van der Waals surface area contributed by atoms with Crippen LogP contribution in [0.2, 0.25) is 0 Å². The van der Waals surface area contributed by atoms with Crippen LogP contribution in [0.25, 0.3) is 0 Å². The molecule has 0 heterocycles. The van der Waals surface area contributed by atoms with Gasteiger partial charge in [-0.3, -0.25) is 9.10 Å². The number of carbonyl (C=O) groups is 2. The lowest BCUT2D eigenvalue weighted by Gasteiger charge is -2.13. The van der Waals surface area contributed by atoms with Gasteiger partial charge in [0.15, 0.2) is 0 Å². The van der Waals surface area contributed by atoms with Gasteiger partial charge in [-0.05, 0) is 11.9 Å². The topological polar surface area (TPSA) is 63.4 Å². The first-order valence-corrected chi connectivity index (χ1v) is 4.10. The molecule has 2 N–H and O–H groups in total. The van der Waals surface area contributed by atoms with E-state index < -0.39 is 6.04 Å². The highest BCUT2D eigenvalue weighted by molar-refractivity contribution is 7.97. The molecule has 5 heteroatoms. The summed E-state index contributed by atoms with van der Waals surface area (Å²) < 4.78 is 1.45. The van der Waals surface area contributed by atoms with Gasteiger partial charge in [0.2, 0.25) is 5.91 Å². The van der Waals surface area contributed by atoms with Crippen LogP contribution in [0.3, 0.4) is 0 Å². The lowest BCUT2D eigenvalue weighted by atomic mass is 10.4. The quantitative estimate of drug-likeness (QED) is 0.469. The maximum absolute atomic E-state index is 10.6. The molecule has 64 valence electrons. The van der Waals surface area contributed by atoms with Gasteiger partial charge in [0.05, 0.1) is 6.04 Å². The minimum atomic E-state index is -0.484. The highest BCUT2D eigenvalue weighted by atomic mass is 32.2. The zero-order valence-corrected chi connectivity index (χ0v) is 7.43. The molecule has 0 aromatic carbocycles. The second kappa shape index (κ2) is 5.15. The third kappa shape index (κ3) is 4.80. The van der Waals surface area contributed by atoms with Crippen LogP contribution >= 0.6 is 11.9 Å². The lowest BCUT2D eigenvalue weighted by molar-refractivity contribution is -0.123. The van der Waals surface area contributed by atoms with E-state index in [0.29, 0.717) is 12.0 Å². The van der Waals surface area contributed by atoms with Crippen LogP contribution in [0.15, 0.2) is 0 Å². The van der Waals surface area contributed by atoms with Crippen molar-refractivity contribution in [2.75, 3.05) is 12.8 Å². The van der Waals surface area contributed by atoms with E-state index in [1.54, 1.807) is 7.05 Å². The lowest BCUT2D eigenvalue weighted by Crippen LogP contribution is -2.27. The number of rotatable bonds is 4. The van der Waals surface area contributed by atoms with E-state index in [-0.39, 0.29) is 5.91 Å². The molecule has 0 radical (unpaired) electrons. The van der Waals surface area contributed by atoms with Gasteiger partial charge in [0, 0.05) is 19.7 Å². The van der Waals surface area contributed by atoms with E-state index in [2.05, 4.69) is 0 Å². The Balaban J connectivity index is 3.53. The first-order valence-electron chi connectivity index (χ1n) is 3.16. The van der Waals surface area contributed by atoms with Crippen LogP contribution in [-0.2, 0) is 9.59 Å². The van der Waals surface area contributed by atoms with Crippen molar-refractivity contribution < 1.29 is 9.59 Å². The fraction of sp³-hybridized carbons (Fsp3) is 0.667. The maximum atomic E-state index is 10.6. The Morgan fingerprint density at radius 2 is 2.36 bits per heavy atom. The summed E-state index contributed by atoms with van der Waals surface area (Å²) in [6.07, 6.45) is 0.668. The van der Waals surface area contributed by atoms with Crippen molar-refractivity contribution >= 4 is 24.1 Å². The molecule has 1 unspecified atom stereocenters. The minimum absolute atomic E-state index is 0.0481. The zero-order chi connectivity index (χ0) is 8.85. The molecule has 0 rings (SSSR count). The van der Waals surface area contributed by atoms with Crippen LogP contribution in [0.1, 0.15) is 6.92 Å². The van der Waals surface area contributed by atoms with Crippen LogP contribution in [-0.4, -0.2) is 35.3 Å². The van der Waals surface area contributed by atoms with E-state index in [9.17, 15) is 9.59 Å². The molecule has 0 spiro atoms. The molecule has 0 aliphatic heterocycles. The molecule has 11 heavy (non-hydrogen) atoms. The van der Waals surface area contributed by atoms with Crippen LogP contribution in [0.4, 0.5) is 0 Å². The number of amides is 1. The second-order valence-electron chi connectivity index (χ2n) is 2.11. The smallest absolute Gasteiger partial charge is 0.229 e. The minimum Gasteiger partial charge on any atom is -0.321 e. The van der Waals surface area contributed by atoms with Gasteiger partial charge < -0.3 is 10.5 Å². The van der Waals surface area contributed by atoms with E-state index in [0.717, 1.165) is 0 Å². The van der Waals surface area contributed by atoms with Crippen molar-refractivity contribution in [3.63, 3.8) is 0 Å². The van der Waals surface area contributed by atoms with E-state index in [1.165, 1.54) is 23.2 Å². The largest absolute Gasteiger partial charge is 0.321 e. The van der Waals surface area contributed by atoms with Crippen molar-refractivity contribution in [3.05, 3.63) is 0 Å². The highest BCUT2D eigenvalue weighted by Crippen LogP contribution is 2.06. The van der Waals surface area contributed by atoms with Gasteiger partial charge in [-0.25, -0.2) is 0 Å². The summed E-state index contributed by atoms with van der Waals surface area (Å²) in [5, 5.41) is 0. The Labute approximate surface area is 70.2 Å². The average molecular weight is 176 g/mol. The number of aldehydes is 1. The van der Waals surface area contributed by atoms with Gasteiger partial charge >= 0.3 is 0 Å². The SMILES string of the molecule is CC(=O)N(C)SCC(N)C=O. The third-order valence-electron chi connectivity index (χ3n) is 1.08. The molecule has 1 amide bonds. The summed E-state index contributed by atoms with van der Waals surface area (Å²) in [5.41, 5.74) is 5.29. The Bertz CT molecular complexity index is 152. The van der Waals surface area contributed by atoms with Crippen LogP contribution < -0.4 is 5.73 Å². The third-order valence-corrected chi connectivity index (χ3v) is 2.26. The van der Waals surface area contributed by atoms with Gasteiger partial charge in [0.1, 0.15) is 6.29 Å². The standard InChI is InChI=1S/C6H12N2O2S/c1-5(10)8(2)11-4-6(7)3-9/h3,6H,4,7H2,1-2H3. The van der Waals surface area contributed by atoms with Crippen LogP contribution in [0, 0.1) is 0 Å².